The van der Waals surface area contributed by atoms with E-state index >= 15 is 0 Å². The summed E-state index contributed by atoms with van der Waals surface area (Å²) < 4.78 is 15.5. The zero-order chi connectivity index (χ0) is 19.4. The highest BCUT2D eigenvalue weighted by molar-refractivity contribution is 6.30. The van der Waals surface area contributed by atoms with Crippen LogP contribution in [0.2, 0.25) is 5.02 Å². The minimum Gasteiger partial charge on any atom is -0.382 e. The third kappa shape index (κ3) is 8.59. The fraction of sp³-hybridized carbons (Fsp3) is 0.529. The second kappa shape index (κ2) is 12.6. The Morgan fingerprint density at radius 2 is 1.88 bits per heavy atom. The second-order valence-electron chi connectivity index (χ2n) is 5.68. The summed E-state index contributed by atoms with van der Waals surface area (Å²) in [6, 6.07) is 6.00. The van der Waals surface area contributed by atoms with E-state index in [1.54, 1.807) is 43.8 Å². The van der Waals surface area contributed by atoms with Crippen LogP contribution < -0.4 is 10.8 Å². The number of amides is 2. The normalized spacial score (nSPS) is 13.1. The van der Waals surface area contributed by atoms with Gasteiger partial charge in [-0.3, -0.25) is 14.8 Å². The van der Waals surface area contributed by atoms with E-state index in [0.29, 0.717) is 23.8 Å². The fourth-order valence-electron chi connectivity index (χ4n) is 2.13. The van der Waals surface area contributed by atoms with Gasteiger partial charge >= 0.3 is 0 Å². The highest BCUT2D eigenvalue weighted by Gasteiger charge is 2.21. The van der Waals surface area contributed by atoms with Crippen molar-refractivity contribution >= 4 is 23.4 Å². The molecule has 0 aromatic heterocycles. The SMILES string of the molecule is COCCOCOCC(CC(C)C(=O)NO)NC(=O)c1ccc(Cl)cc1. The van der Waals surface area contributed by atoms with Crippen LogP contribution >= 0.6 is 11.6 Å². The van der Waals surface area contributed by atoms with Crippen molar-refractivity contribution in [2.75, 3.05) is 33.7 Å². The lowest BCUT2D eigenvalue weighted by molar-refractivity contribution is -0.133. The van der Waals surface area contributed by atoms with Crippen LogP contribution in [-0.4, -0.2) is 56.8 Å². The molecule has 0 aliphatic heterocycles. The molecule has 0 bridgehead atoms. The van der Waals surface area contributed by atoms with Gasteiger partial charge in [-0.2, -0.15) is 0 Å². The van der Waals surface area contributed by atoms with E-state index in [4.69, 9.17) is 31.0 Å². The van der Waals surface area contributed by atoms with E-state index in [0.717, 1.165) is 0 Å². The molecule has 0 spiro atoms. The molecule has 0 saturated heterocycles. The Morgan fingerprint density at radius 1 is 1.19 bits per heavy atom. The molecule has 2 unspecified atom stereocenters. The molecule has 2 amide bonds. The molecule has 0 fully saturated rings. The number of hydrogen-bond acceptors (Lipinski definition) is 6. The molecule has 1 rings (SSSR count). The van der Waals surface area contributed by atoms with E-state index in [1.165, 1.54) is 0 Å². The first-order chi connectivity index (χ1) is 12.5. The molecule has 26 heavy (non-hydrogen) atoms. The average Bonchev–Trinajstić information content (AvgIpc) is 2.64. The zero-order valence-electron chi connectivity index (χ0n) is 14.9. The van der Waals surface area contributed by atoms with E-state index in [2.05, 4.69) is 5.32 Å². The third-order valence-electron chi connectivity index (χ3n) is 3.55. The van der Waals surface area contributed by atoms with Gasteiger partial charge in [-0.15, -0.1) is 0 Å². The van der Waals surface area contributed by atoms with Gasteiger partial charge in [0.1, 0.15) is 6.79 Å². The molecular formula is C17H25ClN2O6. The van der Waals surface area contributed by atoms with E-state index in [9.17, 15) is 9.59 Å². The van der Waals surface area contributed by atoms with Gasteiger partial charge in [-0.05, 0) is 30.7 Å². The van der Waals surface area contributed by atoms with Gasteiger partial charge in [0.05, 0.1) is 25.9 Å². The number of hydroxylamine groups is 1. The molecule has 0 heterocycles. The average molecular weight is 389 g/mol. The van der Waals surface area contributed by atoms with Crippen molar-refractivity contribution in [1.82, 2.24) is 10.8 Å². The van der Waals surface area contributed by atoms with Crippen molar-refractivity contribution in [3.63, 3.8) is 0 Å². The van der Waals surface area contributed by atoms with Gasteiger partial charge in [0.25, 0.3) is 5.91 Å². The van der Waals surface area contributed by atoms with E-state index < -0.39 is 17.9 Å². The lowest BCUT2D eigenvalue weighted by Gasteiger charge is -2.21. The first kappa shape index (κ1) is 22.3. The summed E-state index contributed by atoms with van der Waals surface area (Å²) in [5.41, 5.74) is 2.05. The predicted molar refractivity (Wildman–Crippen MR) is 95.1 cm³/mol. The lowest BCUT2D eigenvalue weighted by atomic mass is 10.0. The van der Waals surface area contributed by atoms with Crippen molar-refractivity contribution < 1.29 is 29.0 Å². The summed E-state index contributed by atoms with van der Waals surface area (Å²) in [6.07, 6.45) is 0.282. The van der Waals surface area contributed by atoms with Gasteiger partial charge in [0.15, 0.2) is 0 Å². The number of nitrogens with one attached hydrogen (secondary N) is 2. The van der Waals surface area contributed by atoms with Crippen molar-refractivity contribution in [3.05, 3.63) is 34.9 Å². The molecule has 2 atom stereocenters. The molecule has 1 aromatic rings. The molecule has 0 aliphatic rings. The van der Waals surface area contributed by atoms with Crippen molar-refractivity contribution in [2.24, 2.45) is 5.92 Å². The molecule has 9 heteroatoms. The Balaban J connectivity index is 2.59. The highest BCUT2D eigenvalue weighted by atomic mass is 35.5. The Labute approximate surface area is 157 Å². The van der Waals surface area contributed by atoms with Crippen LogP contribution in [0.4, 0.5) is 0 Å². The summed E-state index contributed by atoms with van der Waals surface area (Å²) in [4.78, 5) is 23.9. The maximum atomic E-state index is 12.4. The number of carbonyl (C=O) groups excluding carboxylic acids is 2. The van der Waals surface area contributed by atoms with E-state index in [-0.39, 0.29) is 25.7 Å². The number of halogens is 1. The Kier molecular flexibility index (Phi) is 10.8. The van der Waals surface area contributed by atoms with Crippen LogP contribution in [0, 0.1) is 5.92 Å². The largest absolute Gasteiger partial charge is 0.382 e. The fourth-order valence-corrected chi connectivity index (χ4v) is 2.26. The molecule has 0 radical (unpaired) electrons. The predicted octanol–water partition coefficient (Wildman–Crippen LogP) is 1.61. The van der Waals surface area contributed by atoms with Crippen LogP contribution in [0.3, 0.4) is 0 Å². The Hall–Kier alpha value is -1.71. The third-order valence-corrected chi connectivity index (χ3v) is 3.81. The highest BCUT2D eigenvalue weighted by Crippen LogP contribution is 2.11. The number of methoxy groups -OCH3 is 1. The molecule has 3 N–H and O–H groups in total. The Bertz CT molecular complexity index is 555. The van der Waals surface area contributed by atoms with Gasteiger partial charge in [-0.1, -0.05) is 18.5 Å². The van der Waals surface area contributed by atoms with Crippen molar-refractivity contribution in [2.45, 2.75) is 19.4 Å². The van der Waals surface area contributed by atoms with Crippen molar-refractivity contribution in [1.29, 1.82) is 0 Å². The smallest absolute Gasteiger partial charge is 0.251 e. The first-order valence-corrected chi connectivity index (χ1v) is 8.50. The summed E-state index contributed by atoms with van der Waals surface area (Å²) in [7, 11) is 1.57. The summed E-state index contributed by atoms with van der Waals surface area (Å²) in [6.45, 7) is 2.67. The second-order valence-corrected chi connectivity index (χ2v) is 6.12. The quantitative estimate of drug-likeness (QED) is 0.217. The first-order valence-electron chi connectivity index (χ1n) is 8.12. The number of ether oxygens (including phenoxy) is 3. The number of carbonyl (C=O) groups is 2. The Morgan fingerprint density at radius 3 is 2.50 bits per heavy atom. The minimum absolute atomic E-state index is 0.0389. The van der Waals surface area contributed by atoms with Gasteiger partial charge in [0.2, 0.25) is 5.91 Å². The van der Waals surface area contributed by atoms with Crippen LogP contribution in [0.15, 0.2) is 24.3 Å². The molecule has 8 nitrogen and oxygen atoms in total. The standard InChI is InChI=1S/C17H25ClN2O6/c1-12(16(21)20-23)9-15(10-26-11-25-8-7-24-2)19-17(22)13-3-5-14(18)6-4-13/h3-6,12,15,23H,7-11H2,1-2H3,(H,19,22)(H,20,21). The summed E-state index contributed by atoms with van der Waals surface area (Å²) in [5, 5.41) is 12.1. The maximum Gasteiger partial charge on any atom is 0.251 e. The van der Waals surface area contributed by atoms with E-state index in [1.807, 2.05) is 0 Å². The van der Waals surface area contributed by atoms with Gasteiger partial charge in [-0.25, -0.2) is 5.48 Å². The topological polar surface area (TPSA) is 106 Å². The molecule has 0 saturated carbocycles. The number of rotatable bonds is 12. The molecule has 0 aliphatic carbocycles. The van der Waals surface area contributed by atoms with Crippen LogP contribution in [0.5, 0.6) is 0 Å². The molecular weight excluding hydrogens is 364 g/mol. The monoisotopic (exact) mass is 388 g/mol. The van der Waals surface area contributed by atoms with Crippen LogP contribution in [0.1, 0.15) is 23.7 Å². The maximum absolute atomic E-state index is 12.4. The molecule has 146 valence electrons. The van der Waals surface area contributed by atoms with Crippen LogP contribution in [-0.2, 0) is 19.0 Å². The van der Waals surface area contributed by atoms with Crippen LogP contribution in [0.25, 0.3) is 0 Å². The zero-order valence-corrected chi connectivity index (χ0v) is 15.6. The van der Waals surface area contributed by atoms with Crippen molar-refractivity contribution in [3.8, 4) is 0 Å². The van der Waals surface area contributed by atoms with Gasteiger partial charge < -0.3 is 19.5 Å². The minimum atomic E-state index is -0.535. The lowest BCUT2D eigenvalue weighted by Crippen LogP contribution is -2.41. The summed E-state index contributed by atoms with van der Waals surface area (Å²) in [5.74, 6) is -1.37. The summed E-state index contributed by atoms with van der Waals surface area (Å²) >= 11 is 5.82. The molecule has 1 aromatic carbocycles. The van der Waals surface area contributed by atoms with Gasteiger partial charge in [0, 0.05) is 23.6 Å². The number of benzene rings is 1. The number of hydrogen-bond donors (Lipinski definition) is 3.